The predicted octanol–water partition coefficient (Wildman–Crippen LogP) is 5.19. The van der Waals surface area contributed by atoms with Gasteiger partial charge in [0.05, 0.1) is 24.1 Å². The zero-order valence-corrected chi connectivity index (χ0v) is 17.5. The van der Waals surface area contributed by atoms with Gasteiger partial charge < -0.3 is 10.1 Å². The van der Waals surface area contributed by atoms with Crippen LogP contribution in [0.2, 0.25) is 5.02 Å². The maximum atomic E-state index is 13.5. The third-order valence-corrected chi connectivity index (χ3v) is 5.47. The normalized spacial score (nSPS) is 13.7. The Balaban J connectivity index is 1.87. The maximum absolute atomic E-state index is 13.5. The molecule has 0 spiro atoms. The molecule has 31 heavy (non-hydrogen) atoms. The zero-order valence-electron chi connectivity index (χ0n) is 16.8. The molecule has 0 bridgehead atoms. The monoisotopic (exact) mass is 436 g/mol. The Morgan fingerprint density at radius 1 is 0.935 bits per heavy atom. The van der Waals surface area contributed by atoms with E-state index in [2.05, 4.69) is 5.32 Å². The molecule has 5 nitrogen and oxygen atoms in total. The van der Waals surface area contributed by atoms with Crippen molar-refractivity contribution < 1.29 is 18.7 Å². The van der Waals surface area contributed by atoms with Crippen LogP contribution in [0.1, 0.15) is 11.1 Å². The first-order valence-corrected chi connectivity index (χ1v) is 9.84. The van der Waals surface area contributed by atoms with Crippen LogP contribution in [0.4, 0.5) is 15.8 Å². The Bertz CT molecular complexity index is 1220. The van der Waals surface area contributed by atoms with Crippen molar-refractivity contribution in [1.29, 1.82) is 0 Å². The van der Waals surface area contributed by atoms with E-state index in [1.807, 2.05) is 0 Å². The van der Waals surface area contributed by atoms with E-state index in [9.17, 15) is 14.0 Å². The van der Waals surface area contributed by atoms with Crippen molar-refractivity contribution >= 4 is 40.4 Å². The number of halogens is 2. The number of hydrogen-bond donors (Lipinski definition) is 1. The fourth-order valence-corrected chi connectivity index (χ4v) is 3.64. The number of hydrogen-bond acceptors (Lipinski definition) is 4. The SMILES string of the molecule is COc1ccccc1NC1=C(c2ccc(F)cc2)C(=O)N(c2cccc(Cl)c2C)C1=O. The molecule has 7 heteroatoms. The van der Waals surface area contributed by atoms with Crippen molar-refractivity contribution in [3.05, 3.63) is 94.4 Å². The lowest BCUT2D eigenvalue weighted by molar-refractivity contribution is -0.120. The maximum Gasteiger partial charge on any atom is 0.282 e. The first-order chi connectivity index (χ1) is 14.9. The Kier molecular flexibility index (Phi) is 5.48. The van der Waals surface area contributed by atoms with Crippen molar-refractivity contribution in [3.63, 3.8) is 0 Å². The van der Waals surface area contributed by atoms with E-state index >= 15 is 0 Å². The molecule has 0 saturated carbocycles. The molecule has 0 radical (unpaired) electrons. The van der Waals surface area contributed by atoms with Gasteiger partial charge in [0.25, 0.3) is 11.8 Å². The van der Waals surface area contributed by atoms with Gasteiger partial charge in [0.1, 0.15) is 17.3 Å². The second-order valence-electron chi connectivity index (χ2n) is 6.91. The number of rotatable bonds is 5. The molecule has 0 unspecified atom stereocenters. The van der Waals surface area contributed by atoms with Crippen LogP contribution in [-0.4, -0.2) is 18.9 Å². The van der Waals surface area contributed by atoms with Gasteiger partial charge in [0, 0.05) is 5.02 Å². The number of para-hydroxylation sites is 2. The zero-order chi connectivity index (χ0) is 22.1. The van der Waals surface area contributed by atoms with Gasteiger partial charge in [-0.3, -0.25) is 9.59 Å². The van der Waals surface area contributed by atoms with Gasteiger partial charge >= 0.3 is 0 Å². The summed E-state index contributed by atoms with van der Waals surface area (Å²) < 4.78 is 18.9. The topological polar surface area (TPSA) is 58.6 Å². The Hall–Kier alpha value is -3.64. The number of imide groups is 1. The molecule has 3 aromatic carbocycles. The van der Waals surface area contributed by atoms with Crippen molar-refractivity contribution in [2.45, 2.75) is 6.92 Å². The number of carbonyl (C=O) groups is 2. The average Bonchev–Trinajstić information content (AvgIpc) is 3.01. The van der Waals surface area contributed by atoms with Gasteiger partial charge in [-0.2, -0.15) is 0 Å². The minimum atomic E-state index is -0.541. The van der Waals surface area contributed by atoms with Gasteiger partial charge in [0.2, 0.25) is 0 Å². The Morgan fingerprint density at radius 2 is 1.65 bits per heavy atom. The molecule has 0 saturated heterocycles. The lowest BCUT2D eigenvalue weighted by Crippen LogP contribution is -2.33. The first kappa shape index (κ1) is 20.6. The number of amides is 2. The molecule has 0 atom stereocenters. The molecule has 0 aliphatic carbocycles. The molecule has 0 aromatic heterocycles. The Labute approximate surface area is 183 Å². The highest BCUT2D eigenvalue weighted by atomic mass is 35.5. The molecule has 1 N–H and O–H groups in total. The van der Waals surface area contributed by atoms with E-state index in [1.165, 1.54) is 31.4 Å². The van der Waals surface area contributed by atoms with Crippen molar-refractivity contribution in [3.8, 4) is 5.75 Å². The first-order valence-electron chi connectivity index (χ1n) is 9.46. The van der Waals surface area contributed by atoms with E-state index in [0.29, 0.717) is 33.3 Å². The van der Waals surface area contributed by atoms with E-state index < -0.39 is 17.6 Å². The molecule has 1 aliphatic rings. The second kappa shape index (κ2) is 8.24. The summed E-state index contributed by atoms with van der Waals surface area (Å²) in [5.41, 5.74) is 2.13. The summed E-state index contributed by atoms with van der Waals surface area (Å²) in [4.78, 5) is 28.0. The number of benzene rings is 3. The molecule has 4 rings (SSSR count). The van der Waals surface area contributed by atoms with Crippen molar-refractivity contribution in [2.75, 3.05) is 17.3 Å². The highest BCUT2D eigenvalue weighted by Gasteiger charge is 2.41. The van der Waals surface area contributed by atoms with Crippen LogP contribution in [0.15, 0.2) is 72.4 Å². The number of anilines is 2. The van der Waals surface area contributed by atoms with Gasteiger partial charge in [-0.15, -0.1) is 0 Å². The van der Waals surface area contributed by atoms with Crippen LogP contribution >= 0.6 is 11.6 Å². The summed E-state index contributed by atoms with van der Waals surface area (Å²) >= 11 is 6.23. The summed E-state index contributed by atoms with van der Waals surface area (Å²) in [6.45, 7) is 1.74. The smallest absolute Gasteiger partial charge is 0.282 e. The summed E-state index contributed by atoms with van der Waals surface area (Å²) in [7, 11) is 1.51. The highest BCUT2D eigenvalue weighted by molar-refractivity contribution is 6.46. The van der Waals surface area contributed by atoms with Crippen LogP contribution < -0.4 is 15.0 Å². The fourth-order valence-electron chi connectivity index (χ4n) is 3.47. The van der Waals surface area contributed by atoms with Gasteiger partial charge in [0.15, 0.2) is 0 Å². The molecule has 3 aromatic rings. The third-order valence-electron chi connectivity index (χ3n) is 5.06. The van der Waals surface area contributed by atoms with E-state index in [0.717, 1.165) is 4.90 Å². The summed E-state index contributed by atoms with van der Waals surface area (Å²) in [5.74, 6) is -1.01. The van der Waals surface area contributed by atoms with Crippen LogP contribution in [0, 0.1) is 12.7 Å². The van der Waals surface area contributed by atoms with E-state index in [-0.39, 0.29) is 11.3 Å². The van der Waals surface area contributed by atoms with E-state index in [1.54, 1.807) is 49.4 Å². The van der Waals surface area contributed by atoms with E-state index in [4.69, 9.17) is 16.3 Å². The second-order valence-corrected chi connectivity index (χ2v) is 7.32. The molecular formula is C24H18ClFN2O3. The van der Waals surface area contributed by atoms with Crippen LogP contribution in [0.3, 0.4) is 0 Å². The predicted molar refractivity (Wildman–Crippen MR) is 119 cm³/mol. The number of nitrogens with zero attached hydrogens (tertiary/aromatic N) is 1. The highest BCUT2D eigenvalue weighted by Crippen LogP contribution is 2.37. The third kappa shape index (κ3) is 3.66. The fraction of sp³-hybridized carbons (Fsp3) is 0.0833. The lowest BCUT2D eigenvalue weighted by Gasteiger charge is -2.18. The minimum Gasteiger partial charge on any atom is -0.495 e. The average molecular weight is 437 g/mol. The number of ether oxygens (including phenoxy) is 1. The number of carbonyl (C=O) groups excluding carboxylic acids is 2. The van der Waals surface area contributed by atoms with Crippen molar-refractivity contribution in [1.82, 2.24) is 0 Å². The molecule has 1 heterocycles. The summed E-state index contributed by atoms with van der Waals surface area (Å²) in [5, 5.41) is 3.49. The molecule has 2 amide bonds. The summed E-state index contributed by atoms with van der Waals surface area (Å²) in [6.07, 6.45) is 0. The number of nitrogens with one attached hydrogen (secondary N) is 1. The van der Waals surface area contributed by atoms with Gasteiger partial charge in [-0.25, -0.2) is 9.29 Å². The van der Waals surface area contributed by atoms with Crippen LogP contribution in [0.25, 0.3) is 5.57 Å². The van der Waals surface area contributed by atoms with Gasteiger partial charge in [-0.05, 0) is 54.4 Å². The van der Waals surface area contributed by atoms with Gasteiger partial charge in [-0.1, -0.05) is 41.9 Å². The molecule has 156 valence electrons. The molecule has 1 aliphatic heterocycles. The lowest BCUT2D eigenvalue weighted by atomic mass is 10.0. The van der Waals surface area contributed by atoms with Crippen molar-refractivity contribution in [2.24, 2.45) is 0 Å². The standard InChI is InChI=1S/C24H18ClFN2O3/c1-14-17(25)6-5-8-19(14)28-23(29)21(15-10-12-16(26)13-11-15)22(24(28)30)27-18-7-3-4-9-20(18)31-2/h3-13,27H,1-2H3. The van der Waals surface area contributed by atoms with Crippen LogP contribution in [-0.2, 0) is 9.59 Å². The van der Waals surface area contributed by atoms with Crippen LogP contribution in [0.5, 0.6) is 5.75 Å². The number of methoxy groups -OCH3 is 1. The summed E-state index contributed by atoms with van der Waals surface area (Å²) in [6, 6.07) is 17.5. The molecule has 0 fully saturated rings. The molecular weight excluding hydrogens is 419 g/mol. The Morgan fingerprint density at radius 3 is 2.35 bits per heavy atom. The quantitative estimate of drug-likeness (QED) is 0.559. The minimum absolute atomic E-state index is 0.0699. The largest absolute Gasteiger partial charge is 0.495 e.